The standard InChI is InChI=1S/C13H12BrFN2O2/c1-3-17-12(11(19-2)7-16-17)13(18)9-6-8(15)4-5-10(9)14/h4-7H,3H2,1-2H3. The van der Waals surface area contributed by atoms with Gasteiger partial charge in [0.1, 0.15) is 5.82 Å². The molecular weight excluding hydrogens is 315 g/mol. The van der Waals surface area contributed by atoms with E-state index in [1.807, 2.05) is 6.92 Å². The third-order valence-corrected chi connectivity index (χ3v) is 3.40. The first-order valence-corrected chi connectivity index (χ1v) is 6.47. The molecule has 0 unspecified atom stereocenters. The molecule has 0 spiro atoms. The molecule has 0 atom stereocenters. The summed E-state index contributed by atoms with van der Waals surface area (Å²) in [5.41, 5.74) is 0.560. The Labute approximate surface area is 118 Å². The van der Waals surface area contributed by atoms with Gasteiger partial charge in [-0.15, -0.1) is 0 Å². The van der Waals surface area contributed by atoms with Crippen molar-refractivity contribution in [1.29, 1.82) is 0 Å². The lowest BCUT2D eigenvalue weighted by Gasteiger charge is -2.08. The zero-order valence-corrected chi connectivity index (χ0v) is 12.1. The zero-order valence-electron chi connectivity index (χ0n) is 10.5. The summed E-state index contributed by atoms with van der Waals surface area (Å²) in [4.78, 5) is 12.5. The highest BCUT2D eigenvalue weighted by Gasteiger charge is 2.22. The van der Waals surface area contributed by atoms with Crippen LogP contribution in [-0.2, 0) is 6.54 Å². The van der Waals surface area contributed by atoms with Crippen molar-refractivity contribution in [1.82, 2.24) is 9.78 Å². The number of ketones is 1. The summed E-state index contributed by atoms with van der Waals surface area (Å²) in [6.07, 6.45) is 1.48. The Kier molecular flexibility index (Phi) is 3.99. The second-order valence-corrected chi connectivity index (χ2v) is 4.68. The molecule has 0 radical (unpaired) electrons. The number of nitrogens with zero attached hydrogens (tertiary/aromatic N) is 2. The van der Waals surface area contributed by atoms with Crippen molar-refractivity contribution >= 4 is 21.7 Å². The van der Waals surface area contributed by atoms with Gasteiger partial charge in [0.2, 0.25) is 5.78 Å². The number of hydrogen-bond donors (Lipinski definition) is 0. The van der Waals surface area contributed by atoms with Crippen LogP contribution in [0.15, 0.2) is 28.9 Å². The number of halogens is 2. The van der Waals surface area contributed by atoms with Crippen LogP contribution >= 0.6 is 15.9 Å². The fourth-order valence-corrected chi connectivity index (χ4v) is 2.21. The Morgan fingerprint density at radius 2 is 2.26 bits per heavy atom. The number of hydrogen-bond acceptors (Lipinski definition) is 3. The number of aryl methyl sites for hydroxylation is 1. The van der Waals surface area contributed by atoms with Gasteiger partial charge in [-0.05, 0) is 25.1 Å². The van der Waals surface area contributed by atoms with E-state index in [-0.39, 0.29) is 11.3 Å². The number of ether oxygens (including phenoxy) is 1. The molecular formula is C13H12BrFN2O2. The van der Waals surface area contributed by atoms with Gasteiger partial charge in [-0.3, -0.25) is 9.48 Å². The Morgan fingerprint density at radius 3 is 2.89 bits per heavy atom. The molecule has 0 aliphatic rings. The topological polar surface area (TPSA) is 44.1 Å². The number of methoxy groups -OCH3 is 1. The summed E-state index contributed by atoms with van der Waals surface area (Å²) in [6.45, 7) is 2.39. The van der Waals surface area contributed by atoms with Gasteiger partial charge < -0.3 is 4.74 Å². The molecule has 19 heavy (non-hydrogen) atoms. The fourth-order valence-electron chi connectivity index (χ4n) is 1.79. The van der Waals surface area contributed by atoms with E-state index in [0.29, 0.717) is 22.5 Å². The minimum atomic E-state index is -0.465. The van der Waals surface area contributed by atoms with Gasteiger partial charge in [0.25, 0.3) is 0 Å². The van der Waals surface area contributed by atoms with Gasteiger partial charge in [0.15, 0.2) is 11.4 Å². The molecule has 0 saturated heterocycles. The van der Waals surface area contributed by atoms with E-state index in [0.717, 1.165) is 0 Å². The van der Waals surface area contributed by atoms with E-state index in [4.69, 9.17) is 4.74 Å². The molecule has 0 bridgehead atoms. The summed E-state index contributed by atoms with van der Waals surface area (Å²) in [6, 6.07) is 3.98. The number of aromatic nitrogens is 2. The van der Waals surface area contributed by atoms with Crippen LogP contribution in [0.25, 0.3) is 0 Å². The van der Waals surface area contributed by atoms with Crippen LogP contribution in [0.3, 0.4) is 0 Å². The van der Waals surface area contributed by atoms with Crippen molar-refractivity contribution < 1.29 is 13.9 Å². The molecule has 100 valence electrons. The van der Waals surface area contributed by atoms with Gasteiger partial charge in [-0.2, -0.15) is 5.10 Å². The van der Waals surface area contributed by atoms with Crippen molar-refractivity contribution in [2.45, 2.75) is 13.5 Å². The summed E-state index contributed by atoms with van der Waals surface area (Å²) in [5.74, 6) is -0.418. The minimum absolute atomic E-state index is 0.244. The molecule has 0 fully saturated rings. The summed E-state index contributed by atoms with van der Waals surface area (Å²) in [5, 5.41) is 4.07. The molecule has 2 rings (SSSR count). The van der Waals surface area contributed by atoms with E-state index in [1.165, 1.54) is 36.2 Å². The van der Waals surface area contributed by atoms with Gasteiger partial charge in [-0.1, -0.05) is 15.9 Å². The smallest absolute Gasteiger partial charge is 0.216 e. The van der Waals surface area contributed by atoms with E-state index < -0.39 is 5.82 Å². The lowest BCUT2D eigenvalue weighted by molar-refractivity contribution is 0.102. The molecule has 6 heteroatoms. The first-order valence-electron chi connectivity index (χ1n) is 5.68. The molecule has 2 aromatic rings. The van der Waals surface area contributed by atoms with E-state index in [9.17, 15) is 9.18 Å². The Morgan fingerprint density at radius 1 is 1.53 bits per heavy atom. The largest absolute Gasteiger partial charge is 0.493 e. The maximum atomic E-state index is 13.3. The third kappa shape index (κ3) is 2.53. The van der Waals surface area contributed by atoms with E-state index in [2.05, 4.69) is 21.0 Å². The molecule has 0 aliphatic carbocycles. The monoisotopic (exact) mass is 326 g/mol. The van der Waals surface area contributed by atoms with E-state index in [1.54, 1.807) is 0 Å². The van der Waals surface area contributed by atoms with Gasteiger partial charge in [0, 0.05) is 16.6 Å². The first kappa shape index (κ1) is 13.7. The average molecular weight is 327 g/mol. The SMILES string of the molecule is CCn1ncc(OC)c1C(=O)c1cc(F)ccc1Br. The van der Waals surface area contributed by atoms with Crippen molar-refractivity contribution in [2.24, 2.45) is 0 Å². The van der Waals surface area contributed by atoms with Crippen molar-refractivity contribution in [3.8, 4) is 5.75 Å². The molecule has 0 aliphatic heterocycles. The zero-order chi connectivity index (χ0) is 14.0. The molecule has 1 heterocycles. The Balaban J connectivity index is 2.55. The molecule has 0 N–H and O–H groups in total. The highest BCUT2D eigenvalue weighted by Crippen LogP contribution is 2.26. The maximum absolute atomic E-state index is 13.3. The van der Waals surface area contributed by atoms with Crippen molar-refractivity contribution in [3.63, 3.8) is 0 Å². The van der Waals surface area contributed by atoms with Crippen LogP contribution in [0.5, 0.6) is 5.75 Å². The normalized spacial score (nSPS) is 10.5. The number of rotatable bonds is 4. The number of carbonyl (C=O) groups is 1. The first-order chi connectivity index (χ1) is 9.08. The van der Waals surface area contributed by atoms with E-state index >= 15 is 0 Å². The van der Waals surface area contributed by atoms with Gasteiger partial charge >= 0.3 is 0 Å². The van der Waals surface area contributed by atoms with Crippen LogP contribution < -0.4 is 4.74 Å². The van der Waals surface area contributed by atoms with Gasteiger partial charge in [0.05, 0.1) is 13.3 Å². The second-order valence-electron chi connectivity index (χ2n) is 3.83. The molecule has 1 aromatic carbocycles. The van der Waals surface area contributed by atoms with Crippen molar-refractivity contribution in [2.75, 3.05) is 7.11 Å². The summed E-state index contributed by atoms with van der Waals surface area (Å²) >= 11 is 3.25. The average Bonchev–Trinajstić information content (AvgIpc) is 2.83. The highest BCUT2D eigenvalue weighted by molar-refractivity contribution is 9.10. The van der Waals surface area contributed by atoms with Crippen LogP contribution in [-0.4, -0.2) is 22.7 Å². The molecule has 1 aromatic heterocycles. The van der Waals surface area contributed by atoms with Crippen LogP contribution in [0.4, 0.5) is 4.39 Å². The number of benzene rings is 1. The molecule has 0 saturated carbocycles. The van der Waals surface area contributed by atoms with Crippen LogP contribution in [0.2, 0.25) is 0 Å². The predicted molar refractivity (Wildman–Crippen MR) is 72.0 cm³/mol. The van der Waals surface area contributed by atoms with Gasteiger partial charge in [-0.25, -0.2) is 4.39 Å². The predicted octanol–water partition coefficient (Wildman–Crippen LogP) is 3.04. The quantitative estimate of drug-likeness (QED) is 0.811. The third-order valence-electron chi connectivity index (χ3n) is 2.71. The highest BCUT2D eigenvalue weighted by atomic mass is 79.9. The maximum Gasteiger partial charge on any atom is 0.216 e. The second kappa shape index (κ2) is 5.52. The summed E-state index contributed by atoms with van der Waals surface area (Å²) in [7, 11) is 1.47. The number of carbonyl (C=O) groups excluding carboxylic acids is 1. The fraction of sp³-hybridized carbons (Fsp3) is 0.231. The Hall–Kier alpha value is -1.69. The van der Waals surface area contributed by atoms with Crippen LogP contribution in [0, 0.1) is 5.82 Å². The molecule has 4 nitrogen and oxygen atoms in total. The van der Waals surface area contributed by atoms with Crippen LogP contribution in [0.1, 0.15) is 23.0 Å². The lowest BCUT2D eigenvalue weighted by atomic mass is 10.1. The Bertz CT molecular complexity index is 604. The minimum Gasteiger partial charge on any atom is -0.493 e. The summed E-state index contributed by atoms with van der Waals surface area (Å²) < 4.78 is 20.5. The van der Waals surface area contributed by atoms with Crippen molar-refractivity contribution in [3.05, 3.63) is 45.9 Å². The molecule has 0 amide bonds. The lowest BCUT2D eigenvalue weighted by Crippen LogP contribution is -2.12.